The third-order valence-corrected chi connectivity index (χ3v) is 2.87. The summed E-state index contributed by atoms with van der Waals surface area (Å²) in [4.78, 5) is 3.88. The Hall–Kier alpha value is -1.34. The summed E-state index contributed by atoms with van der Waals surface area (Å²) in [5.74, 6) is 0. The summed E-state index contributed by atoms with van der Waals surface area (Å²) >= 11 is 3.07. The highest BCUT2D eigenvalue weighted by molar-refractivity contribution is 9.10. The Kier molecular flexibility index (Phi) is 3.45. The van der Waals surface area contributed by atoms with E-state index in [1.807, 2.05) is 0 Å². The molecule has 1 aromatic carbocycles. The van der Waals surface area contributed by atoms with Crippen LogP contribution in [0, 0.1) is 0 Å². The van der Waals surface area contributed by atoms with E-state index in [1.54, 1.807) is 6.07 Å². The van der Waals surface area contributed by atoms with Crippen molar-refractivity contribution < 1.29 is 13.2 Å². The number of imidazole rings is 1. The molecule has 0 aliphatic carbocycles. The van der Waals surface area contributed by atoms with Crippen LogP contribution in [0.15, 0.2) is 35.2 Å². The van der Waals surface area contributed by atoms with E-state index in [0.29, 0.717) is 15.9 Å². The van der Waals surface area contributed by atoms with Gasteiger partial charge in [0.1, 0.15) is 0 Å². The van der Waals surface area contributed by atoms with E-state index in [4.69, 9.17) is 5.73 Å². The first-order valence-electron chi connectivity index (χ1n) is 5.01. The summed E-state index contributed by atoms with van der Waals surface area (Å²) in [6.07, 6.45) is -1.43. The van der Waals surface area contributed by atoms with E-state index in [0.717, 1.165) is 12.1 Å². The largest absolute Gasteiger partial charge is 0.416 e. The van der Waals surface area contributed by atoms with Crippen LogP contribution in [0.4, 0.5) is 13.2 Å². The van der Waals surface area contributed by atoms with Gasteiger partial charge in [-0.25, -0.2) is 4.98 Å². The third-order valence-electron chi connectivity index (χ3n) is 2.41. The maximum absolute atomic E-state index is 12.7. The quantitative estimate of drug-likeness (QED) is 0.924. The predicted octanol–water partition coefficient (Wildman–Crippen LogP) is 3.11. The van der Waals surface area contributed by atoms with Gasteiger partial charge in [0.05, 0.1) is 17.6 Å². The van der Waals surface area contributed by atoms with Crippen LogP contribution in [0.3, 0.4) is 0 Å². The van der Waals surface area contributed by atoms with E-state index < -0.39 is 11.7 Å². The van der Waals surface area contributed by atoms with Gasteiger partial charge in [0, 0.05) is 22.9 Å². The lowest BCUT2D eigenvalue weighted by molar-refractivity contribution is -0.137. The van der Waals surface area contributed by atoms with Gasteiger partial charge in [0.2, 0.25) is 0 Å². The topological polar surface area (TPSA) is 43.8 Å². The molecule has 0 spiro atoms. The highest BCUT2D eigenvalue weighted by atomic mass is 79.9. The molecular formula is C11H9BrF3N3. The number of nitrogens with two attached hydrogens (primary N) is 1. The third kappa shape index (κ3) is 2.56. The van der Waals surface area contributed by atoms with Gasteiger partial charge in [-0.1, -0.05) is 15.9 Å². The Morgan fingerprint density at radius 2 is 2.00 bits per heavy atom. The fourth-order valence-corrected chi connectivity index (χ4v) is 2.06. The van der Waals surface area contributed by atoms with Gasteiger partial charge in [0.25, 0.3) is 0 Å². The molecule has 0 saturated carbocycles. The molecule has 0 amide bonds. The lowest BCUT2D eigenvalue weighted by Gasteiger charge is -2.12. The van der Waals surface area contributed by atoms with E-state index in [2.05, 4.69) is 20.9 Å². The first kappa shape index (κ1) is 13.1. The van der Waals surface area contributed by atoms with Crippen molar-refractivity contribution in [3.63, 3.8) is 0 Å². The number of rotatable bonds is 2. The van der Waals surface area contributed by atoms with Crippen molar-refractivity contribution in [2.45, 2.75) is 12.7 Å². The van der Waals surface area contributed by atoms with Crippen molar-refractivity contribution in [1.29, 1.82) is 0 Å². The molecule has 7 heteroatoms. The Morgan fingerprint density at radius 3 is 2.61 bits per heavy atom. The summed E-state index contributed by atoms with van der Waals surface area (Å²) < 4.78 is 40.0. The number of alkyl halides is 3. The molecule has 0 radical (unpaired) electrons. The van der Waals surface area contributed by atoms with E-state index >= 15 is 0 Å². The number of halogens is 4. The minimum Gasteiger partial charge on any atom is -0.325 e. The molecule has 0 unspecified atom stereocenters. The van der Waals surface area contributed by atoms with Crippen LogP contribution >= 0.6 is 15.9 Å². The summed E-state index contributed by atoms with van der Waals surface area (Å²) in [5.41, 5.74) is 5.79. The molecule has 0 aliphatic rings. The van der Waals surface area contributed by atoms with Crippen molar-refractivity contribution in [3.8, 4) is 5.69 Å². The Morgan fingerprint density at radius 1 is 1.28 bits per heavy atom. The second-order valence-electron chi connectivity index (χ2n) is 3.65. The van der Waals surface area contributed by atoms with Crippen LogP contribution in [-0.2, 0) is 12.7 Å². The molecular weight excluding hydrogens is 311 g/mol. The van der Waals surface area contributed by atoms with Crippen LogP contribution < -0.4 is 5.73 Å². The summed E-state index contributed by atoms with van der Waals surface area (Å²) in [6.45, 7) is 0.202. The molecule has 1 heterocycles. The highest BCUT2D eigenvalue weighted by Crippen LogP contribution is 2.33. The van der Waals surface area contributed by atoms with Crippen LogP contribution in [0.25, 0.3) is 5.69 Å². The minimum absolute atomic E-state index is 0.202. The minimum atomic E-state index is -4.39. The highest BCUT2D eigenvalue weighted by Gasteiger charge is 2.31. The van der Waals surface area contributed by atoms with Crippen LogP contribution in [0.2, 0.25) is 0 Å². The Balaban J connectivity index is 2.56. The molecule has 0 bridgehead atoms. The van der Waals surface area contributed by atoms with Gasteiger partial charge in [-0.2, -0.15) is 13.2 Å². The van der Waals surface area contributed by atoms with Crippen LogP contribution in [-0.4, -0.2) is 9.55 Å². The first-order valence-corrected chi connectivity index (χ1v) is 5.80. The van der Waals surface area contributed by atoms with Crippen molar-refractivity contribution in [1.82, 2.24) is 9.55 Å². The van der Waals surface area contributed by atoms with Gasteiger partial charge < -0.3 is 10.3 Å². The molecule has 0 fully saturated rings. The average Bonchev–Trinajstić information content (AvgIpc) is 2.74. The second-order valence-corrected chi connectivity index (χ2v) is 4.57. The maximum Gasteiger partial charge on any atom is 0.416 e. The first-order chi connectivity index (χ1) is 8.41. The molecule has 3 nitrogen and oxygen atoms in total. The van der Waals surface area contributed by atoms with Gasteiger partial charge in [-0.3, -0.25) is 0 Å². The van der Waals surface area contributed by atoms with Gasteiger partial charge in [-0.15, -0.1) is 0 Å². The molecule has 0 saturated heterocycles. The Bertz CT molecular complexity index is 563. The number of benzene rings is 1. The van der Waals surface area contributed by atoms with Gasteiger partial charge in [-0.05, 0) is 18.2 Å². The molecule has 18 heavy (non-hydrogen) atoms. The molecule has 0 atom stereocenters. The standard InChI is InChI=1S/C11H9BrF3N3/c12-8-1-7(11(13,14)15)2-9(3-8)18-6-17-5-10(18)4-16/h1-3,5-6H,4,16H2. The summed E-state index contributed by atoms with van der Waals surface area (Å²) in [7, 11) is 0. The maximum atomic E-state index is 12.7. The van der Waals surface area contributed by atoms with E-state index in [9.17, 15) is 13.2 Å². The van der Waals surface area contributed by atoms with E-state index in [-0.39, 0.29) is 6.54 Å². The van der Waals surface area contributed by atoms with Gasteiger partial charge in [0.15, 0.2) is 0 Å². The van der Waals surface area contributed by atoms with Crippen molar-refractivity contribution in [2.24, 2.45) is 5.73 Å². The number of hydrogen-bond acceptors (Lipinski definition) is 2. The van der Waals surface area contributed by atoms with Crippen molar-refractivity contribution in [3.05, 3.63) is 46.5 Å². The zero-order valence-electron chi connectivity index (χ0n) is 9.08. The fourth-order valence-electron chi connectivity index (χ4n) is 1.58. The molecule has 0 aliphatic heterocycles. The zero-order chi connectivity index (χ0) is 13.3. The molecule has 2 aromatic rings. The second kappa shape index (κ2) is 4.74. The molecule has 96 valence electrons. The van der Waals surface area contributed by atoms with Crippen molar-refractivity contribution in [2.75, 3.05) is 0 Å². The summed E-state index contributed by atoms with van der Waals surface area (Å²) in [5, 5.41) is 0. The smallest absolute Gasteiger partial charge is 0.325 e. The predicted molar refractivity (Wildman–Crippen MR) is 64.2 cm³/mol. The Labute approximate surface area is 110 Å². The monoisotopic (exact) mass is 319 g/mol. The van der Waals surface area contributed by atoms with E-state index in [1.165, 1.54) is 17.1 Å². The number of aromatic nitrogens is 2. The normalized spacial score (nSPS) is 11.8. The summed E-state index contributed by atoms with van der Waals surface area (Å²) in [6, 6.07) is 3.67. The number of hydrogen-bond donors (Lipinski definition) is 1. The number of nitrogens with zero attached hydrogens (tertiary/aromatic N) is 2. The lowest BCUT2D eigenvalue weighted by Crippen LogP contribution is -2.08. The zero-order valence-corrected chi connectivity index (χ0v) is 10.7. The lowest BCUT2D eigenvalue weighted by atomic mass is 10.2. The molecule has 1 aromatic heterocycles. The van der Waals surface area contributed by atoms with Crippen LogP contribution in [0.5, 0.6) is 0 Å². The molecule has 2 rings (SSSR count). The SMILES string of the molecule is NCc1cncn1-c1cc(Br)cc(C(F)(F)F)c1. The van der Waals surface area contributed by atoms with Crippen LogP contribution in [0.1, 0.15) is 11.3 Å². The average molecular weight is 320 g/mol. The van der Waals surface area contributed by atoms with Crippen molar-refractivity contribution >= 4 is 15.9 Å². The molecule has 2 N–H and O–H groups in total. The fraction of sp³-hybridized carbons (Fsp3) is 0.182. The van der Waals surface area contributed by atoms with Gasteiger partial charge >= 0.3 is 6.18 Å².